The van der Waals surface area contributed by atoms with Crippen molar-refractivity contribution in [1.29, 1.82) is 0 Å². The van der Waals surface area contributed by atoms with E-state index in [2.05, 4.69) is 60.8 Å². The lowest BCUT2D eigenvalue weighted by atomic mass is 10.0. The van der Waals surface area contributed by atoms with Crippen LogP contribution in [0.4, 0.5) is 0 Å². The van der Waals surface area contributed by atoms with Crippen molar-refractivity contribution in [2.75, 3.05) is 20.3 Å². The Balaban J connectivity index is 1.97. The summed E-state index contributed by atoms with van der Waals surface area (Å²) in [4.78, 5) is 0. The Hall–Kier alpha value is -1.64. The molecule has 2 rings (SSSR count). The fourth-order valence-corrected chi connectivity index (χ4v) is 2.31. The summed E-state index contributed by atoms with van der Waals surface area (Å²) in [6.45, 7) is 4.99. The molecule has 0 saturated carbocycles. The van der Waals surface area contributed by atoms with E-state index in [1.807, 2.05) is 0 Å². The zero-order valence-electron chi connectivity index (χ0n) is 13.1. The Labute approximate surface area is 128 Å². The lowest BCUT2D eigenvalue weighted by Gasteiger charge is -2.07. The van der Waals surface area contributed by atoms with Gasteiger partial charge < -0.3 is 10.1 Å². The van der Waals surface area contributed by atoms with Gasteiger partial charge in [-0.2, -0.15) is 0 Å². The number of hydrogen-bond acceptors (Lipinski definition) is 2. The van der Waals surface area contributed by atoms with Crippen LogP contribution in [0, 0.1) is 0 Å². The highest BCUT2D eigenvalue weighted by atomic mass is 16.5. The maximum absolute atomic E-state index is 5.11. The number of rotatable bonds is 8. The topological polar surface area (TPSA) is 21.3 Å². The van der Waals surface area contributed by atoms with Gasteiger partial charge >= 0.3 is 0 Å². The molecule has 2 aromatic rings. The third-order valence-electron chi connectivity index (χ3n) is 3.59. The molecule has 1 N–H and O–H groups in total. The van der Waals surface area contributed by atoms with Crippen LogP contribution in [0.15, 0.2) is 48.5 Å². The molecule has 0 aliphatic heterocycles. The van der Waals surface area contributed by atoms with Crippen LogP contribution in [-0.2, 0) is 17.7 Å². The molecule has 0 aliphatic carbocycles. The molecule has 0 amide bonds. The summed E-state index contributed by atoms with van der Waals surface area (Å²) in [5.74, 6) is 0. The molecule has 0 saturated heterocycles. The second-order valence-corrected chi connectivity index (χ2v) is 5.31. The van der Waals surface area contributed by atoms with Gasteiger partial charge in [0.2, 0.25) is 0 Å². The molecular formula is C19H25NO. The van der Waals surface area contributed by atoms with Gasteiger partial charge in [-0.05, 0) is 41.6 Å². The van der Waals surface area contributed by atoms with Crippen LogP contribution in [0.5, 0.6) is 0 Å². The molecule has 2 heteroatoms. The normalized spacial score (nSPS) is 10.8. The smallest absolute Gasteiger partial charge is 0.0502 e. The molecule has 0 heterocycles. The summed E-state index contributed by atoms with van der Waals surface area (Å²) in [7, 11) is 1.74. The van der Waals surface area contributed by atoms with Gasteiger partial charge in [0, 0.05) is 13.7 Å². The molecule has 21 heavy (non-hydrogen) atoms. The van der Waals surface area contributed by atoms with Crippen LogP contribution in [0.25, 0.3) is 11.1 Å². The molecule has 0 aromatic heterocycles. The van der Waals surface area contributed by atoms with Gasteiger partial charge in [0.25, 0.3) is 0 Å². The van der Waals surface area contributed by atoms with Crippen molar-refractivity contribution in [3.05, 3.63) is 59.7 Å². The quantitative estimate of drug-likeness (QED) is 0.738. The number of nitrogens with one attached hydrogen (secondary N) is 1. The van der Waals surface area contributed by atoms with Crippen LogP contribution >= 0.6 is 0 Å². The Morgan fingerprint density at radius 1 is 0.857 bits per heavy atom. The summed E-state index contributed by atoms with van der Waals surface area (Å²) in [5.41, 5.74) is 5.20. The van der Waals surface area contributed by atoms with Crippen LogP contribution in [0.3, 0.4) is 0 Å². The fraction of sp³-hybridized carbons (Fsp3) is 0.368. The SMILES string of the molecule is CCCNCc1ccc(-c2ccc(CCOC)cc2)cc1. The van der Waals surface area contributed by atoms with E-state index in [0.29, 0.717) is 0 Å². The van der Waals surface area contributed by atoms with Crippen molar-refractivity contribution >= 4 is 0 Å². The number of hydrogen-bond donors (Lipinski definition) is 1. The summed E-state index contributed by atoms with van der Waals surface area (Å²) in [6.07, 6.45) is 2.15. The average Bonchev–Trinajstić information content (AvgIpc) is 2.54. The van der Waals surface area contributed by atoms with Crippen molar-refractivity contribution in [3.8, 4) is 11.1 Å². The highest BCUT2D eigenvalue weighted by molar-refractivity contribution is 5.63. The molecule has 0 atom stereocenters. The average molecular weight is 283 g/mol. The first-order chi connectivity index (χ1) is 10.3. The minimum Gasteiger partial charge on any atom is -0.384 e. The molecule has 2 aromatic carbocycles. The van der Waals surface area contributed by atoms with Crippen LogP contribution < -0.4 is 5.32 Å². The maximum Gasteiger partial charge on any atom is 0.0502 e. The Bertz CT molecular complexity index is 516. The Morgan fingerprint density at radius 2 is 1.43 bits per heavy atom. The van der Waals surface area contributed by atoms with Gasteiger partial charge in [-0.3, -0.25) is 0 Å². The van der Waals surface area contributed by atoms with E-state index in [0.717, 1.165) is 26.1 Å². The third kappa shape index (κ3) is 5.00. The second kappa shape index (κ2) is 8.60. The third-order valence-corrected chi connectivity index (χ3v) is 3.59. The van der Waals surface area contributed by atoms with Crippen molar-refractivity contribution in [3.63, 3.8) is 0 Å². The first-order valence-electron chi connectivity index (χ1n) is 7.71. The number of benzene rings is 2. The highest BCUT2D eigenvalue weighted by Crippen LogP contribution is 2.20. The second-order valence-electron chi connectivity index (χ2n) is 5.31. The molecule has 2 nitrogen and oxygen atoms in total. The van der Waals surface area contributed by atoms with Crippen LogP contribution in [-0.4, -0.2) is 20.3 Å². The Morgan fingerprint density at radius 3 is 1.95 bits per heavy atom. The molecule has 0 radical (unpaired) electrons. The van der Waals surface area contributed by atoms with Gasteiger partial charge in [-0.25, -0.2) is 0 Å². The number of methoxy groups -OCH3 is 1. The Kier molecular flexibility index (Phi) is 6.45. The molecular weight excluding hydrogens is 258 g/mol. The van der Waals surface area contributed by atoms with E-state index in [1.165, 1.54) is 28.7 Å². The zero-order valence-corrected chi connectivity index (χ0v) is 13.1. The lowest BCUT2D eigenvalue weighted by molar-refractivity contribution is 0.202. The lowest BCUT2D eigenvalue weighted by Crippen LogP contribution is -2.13. The minimum atomic E-state index is 0.777. The summed E-state index contributed by atoms with van der Waals surface area (Å²) in [5, 5.41) is 3.43. The zero-order chi connectivity index (χ0) is 14.9. The molecule has 0 aliphatic rings. The van der Waals surface area contributed by atoms with E-state index in [9.17, 15) is 0 Å². The molecule has 112 valence electrons. The summed E-state index contributed by atoms with van der Waals surface area (Å²) in [6, 6.07) is 17.6. The van der Waals surface area contributed by atoms with Gasteiger partial charge in [0.05, 0.1) is 6.61 Å². The predicted octanol–water partition coefficient (Wildman–Crippen LogP) is 4.04. The van der Waals surface area contributed by atoms with Crippen LogP contribution in [0.1, 0.15) is 24.5 Å². The van der Waals surface area contributed by atoms with Crippen molar-refractivity contribution in [1.82, 2.24) is 5.32 Å². The van der Waals surface area contributed by atoms with Gasteiger partial charge in [-0.1, -0.05) is 55.5 Å². The first kappa shape index (κ1) is 15.7. The van der Waals surface area contributed by atoms with Gasteiger partial charge in [-0.15, -0.1) is 0 Å². The van der Waals surface area contributed by atoms with E-state index >= 15 is 0 Å². The van der Waals surface area contributed by atoms with Crippen LogP contribution in [0.2, 0.25) is 0 Å². The maximum atomic E-state index is 5.11. The largest absolute Gasteiger partial charge is 0.384 e. The molecule has 0 unspecified atom stereocenters. The van der Waals surface area contributed by atoms with Gasteiger partial charge in [0.1, 0.15) is 0 Å². The van der Waals surface area contributed by atoms with E-state index in [-0.39, 0.29) is 0 Å². The first-order valence-corrected chi connectivity index (χ1v) is 7.71. The minimum absolute atomic E-state index is 0.777. The highest BCUT2D eigenvalue weighted by Gasteiger charge is 1.99. The number of ether oxygens (including phenoxy) is 1. The standard InChI is InChI=1S/C19H25NO/c1-3-13-20-15-17-6-10-19(11-7-17)18-8-4-16(5-9-18)12-14-21-2/h4-11,20H,3,12-15H2,1-2H3. The summed E-state index contributed by atoms with van der Waals surface area (Å²) < 4.78 is 5.11. The molecule has 0 fully saturated rings. The predicted molar refractivity (Wildman–Crippen MR) is 89.5 cm³/mol. The molecule has 0 spiro atoms. The van der Waals surface area contributed by atoms with Crippen molar-refractivity contribution in [2.24, 2.45) is 0 Å². The summed E-state index contributed by atoms with van der Waals surface area (Å²) >= 11 is 0. The monoisotopic (exact) mass is 283 g/mol. The van der Waals surface area contributed by atoms with E-state index in [1.54, 1.807) is 7.11 Å². The molecule has 0 bridgehead atoms. The van der Waals surface area contributed by atoms with Crippen molar-refractivity contribution in [2.45, 2.75) is 26.3 Å². The van der Waals surface area contributed by atoms with Gasteiger partial charge in [0.15, 0.2) is 0 Å². The van der Waals surface area contributed by atoms with E-state index in [4.69, 9.17) is 4.74 Å². The van der Waals surface area contributed by atoms with Crippen molar-refractivity contribution < 1.29 is 4.74 Å². The fourth-order valence-electron chi connectivity index (χ4n) is 2.31. The van der Waals surface area contributed by atoms with E-state index < -0.39 is 0 Å².